The molecule has 5 heteroatoms. The van der Waals surface area contributed by atoms with Gasteiger partial charge < -0.3 is 4.52 Å². The van der Waals surface area contributed by atoms with Crippen LogP contribution in [-0.4, -0.2) is 20.9 Å². The van der Waals surface area contributed by atoms with Crippen LogP contribution in [0.2, 0.25) is 0 Å². The number of ketones is 1. The molecule has 2 rings (SSSR count). The van der Waals surface area contributed by atoms with Crippen molar-refractivity contribution in [2.24, 2.45) is 0 Å². The van der Waals surface area contributed by atoms with Crippen LogP contribution in [-0.2, 0) is 11.2 Å². The lowest BCUT2D eigenvalue weighted by atomic mass is 10.2. The molecule has 2 heterocycles. The predicted octanol–water partition coefficient (Wildman–Crippen LogP) is 1.96. The first kappa shape index (κ1) is 11.4. The zero-order valence-corrected chi connectivity index (χ0v) is 9.80. The number of Topliss-reactive ketones (excluding diaryl/α,β-unsaturated/α-hetero) is 1. The van der Waals surface area contributed by atoms with E-state index in [0.717, 1.165) is 5.56 Å². The summed E-state index contributed by atoms with van der Waals surface area (Å²) in [5, 5.41) is 3.83. The summed E-state index contributed by atoms with van der Waals surface area (Å²) in [6, 6.07) is 3.77. The fourth-order valence-corrected chi connectivity index (χ4v) is 1.44. The van der Waals surface area contributed by atoms with Gasteiger partial charge in [0.05, 0.1) is 6.42 Å². The first-order chi connectivity index (χ1) is 8.20. The van der Waals surface area contributed by atoms with Gasteiger partial charge in [0.2, 0.25) is 11.7 Å². The molecule has 2 aromatic heterocycles. The first-order valence-electron chi connectivity index (χ1n) is 5.47. The molecule has 0 atom stereocenters. The Hall–Kier alpha value is -2.04. The Balaban J connectivity index is 2.24. The van der Waals surface area contributed by atoms with Crippen molar-refractivity contribution in [1.82, 2.24) is 15.1 Å². The molecule has 0 unspecified atom stereocenters. The van der Waals surface area contributed by atoms with Crippen LogP contribution in [0.1, 0.15) is 24.8 Å². The Morgan fingerprint density at radius 3 is 3.00 bits per heavy atom. The van der Waals surface area contributed by atoms with Crippen LogP contribution in [0.4, 0.5) is 0 Å². The van der Waals surface area contributed by atoms with Gasteiger partial charge in [-0.25, -0.2) is 0 Å². The molecular weight excluding hydrogens is 218 g/mol. The molecule has 0 amide bonds. The molecule has 0 fully saturated rings. The lowest BCUT2D eigenvalue weighted by Crippen LogP contribution is -2.00. The molecule has 88 valence electrons. The number of nitrogens with zero attached hydrogens (tertiary/aromatic N) is 3. The normalized spacial score (nSPS) is 10.5. The second-order valence-corrected chi connectivity index (χ2v) is 3.75. The van der Waals surface area contributed by atoms with Gasteiger partial charge in [0.15, 0.2) is 0 Å². The highest BCUT2D eigenvalue weighted by Gasteiger charge is 2.13. The third kappa shape index (κ3) is 2.55. The Labute approximate surface area is 98.9 Å². The van der Waals surface area contributed by atoms with Gasteiger partial charge in [-0.3, -0.25) is 9.78 Å². The van der Waals surface area contributed by atoms with Crippen LogP contribution < -0.4 is 0 Å². The second kappa shape index (κ2) is 4.86. The maximum Gasteiger partial charge on any atom is 0.234 e. The zero-order chi connectivity index (χ0) is 12.3. The number of aryl methyl sites for hydroxylation is 1. The summed E-state index contributed by atoms with van der Waals surface area (Å²) < 4.78 is 5.02. The van der Waals surface area contributed by atoms with E-state index < -0.39 is 0 Å². The van der Waals surface area contributed by atoms with Gasteiger partial charge in [-0.2, -0.15) is 4.98 Å². The molecule has 0 saturated heterocycles. The molecule has 0 bridgehead atoms. The number of pyridine rings is 1. The molecule has 17 heavy (non-hydrogen) atoms. The molecule has 0 aliphatic rings. The topological polar surface area (TPSA) is 68.9 Å². The average molecular weight is 231 g/mol. The number of hydrogen-bond acceptors (Lipinski definition) is 5. The maximum absolute atomic E-state index is 11.3. The van der Waals surface area contributed by atoms with Gasteiger partial charge in [0, 0.05) is 12.6 Å². The lowest BCUT2D eigenvalue weighted by molar-refractivity contribution is -0.118. The van der Waals surface area contributed by atoms with Gasteiger partial charge in [-0.15, -0.1) is 0 Å². The summed E-state index contributed by atoms with van der Waals surface area (Å²) in [7, 11) is 0. The van der Waals surface area contributed by atoms with E-state index in [1.165, 1.54) is 0 Å². The van der Waals surface area contributed by atoms with E-state index >= 15 is 0 Å². The zero-order valence-electron chi connectivity index (χ0n) is 9.80. The summed E-state index contributed by atoms with van der Waals surface area (Å²) in [6.45, 7) is 3.73. The fraction of sp³-hybridized carbons (Fsp3) is 0.333. The highest BCUT2D eigenvalue weighted by Crippen LogP contribution is 2.17. The number of aromatic nitrogens is 3. The molecule has 0 aliphatic carbocycles. The number of rotatable bonds is 4. The van der Waals surface area contributed by atoms with Crippen molar-refractivity contribution in [3.63, 3.8) is 0 Å². The largest absolute Gasteiger partial charge is 0.338 e. The maximum atomic E-state index is 11.3. The SMILES string of the molecule is CCC(=O)Cc1nc(-c2ncccc2C)no1. The summed E-state index contributed by atoms with van der Waals surface area (Å²) in [6.07, 6.45) is 2.34. The summed E-state index contributed by atoms with van der Waals surface area (Å²) >= 11 is 0. The third-order valence-electron chi connectivity index (χ3n) is 2.43. The summed E-state index contributed by atoms with van der Waals surface area (Å²) in [5.41, 5.74) is 1.66. The van der Waals surface area contributed by atoms with E-state index in [-0.39, 0.29) is 12.2 Å². The van der Waals surface area contributed by atoms with Crippen molar-refractivity contribution in [1.29, 1.82) is 0 Å². The van der Waals surface area contributed by atoms with Crippen LogP contribution in [0.3, 0.4) is 0 Å². The molecule has 0 aliphatic heterocycles. The molecular formula is C12H13N3O2. The summed E-state index contributed by atoms with van der Waals surface area (Å²) in [4.78, 5) is 19.6. The predicted molar refractivity (Wildman–Crippen MR) is 61.3 cm³/mol. The molecule has 0 spiro atoms. The van der Waals surface area contributed by atoms with E-state index in [1.807, 2.05) is 26.0 Å². The number of carbonyl (C=O) groups is 1. The van der Waals surface area contributed by atoms with Crippen molar-refractivity contribution < 1.29 is 9.32 Å². The smallest absolute Gasteiger partial charge is 0.234 e. The van der Waals surface area contributed by atoms with E-state index in [9.17, 15) is 4.79 Å². The van der Waals surface area contributed by atoms with Gasteiger partial charge in [-0.1, -0.05) is 18.1 Å². The van der Waals surface area contributed by atoms with E-state index in [0.29, 0.717) is 23.8 Å². The quantitative estimate of drug-likeness (QED) is 0.804. The molecule has 0 N–H and O–H groups in total. The Morgan fingerprint density at radius 2 is 2.29 bits per heavy atom. The summed E-state index contributed by atoms with van der Waals surface area (Å²) in [5.74, 6) is 0.858. The minimum Gasteiger partial charge on any atom is -0.338 e. The van der Waals surface area contributed by atoms with E-state index in [1.54, 1.807) is 6.20 Å². The van der Waals surface area contributed by atoms with Crippen LogP contribution >= 0.6 is 0 Å². The average Bonchev–Trinajstić information content (AvgIpc) is 2.78. The van der Waals surface area contributed by atoms with Gasteiger partial charge in [0.25, 0.3) is 0 Å². The Bertz CT molecular complexity index is 534. The number of hydrogen-bond donors (Lipinski definition) is 0. The van der Waals surface area contributed by atoms with Crippen molar-refractivity contribution in [2.45, 2.75) is 26.7 Å². The fourth-order valence-electron chi connectivity index (χ4n) is 1.44. The van der Waals surface area contributed by atoms with Gasteiger partial charge in [-0.05, 0) is 18.6 Å². The standard InChI is InChI=1S/C12H13N3O2/c1-3-9(16)7-10-14-12(15-17-10)11-8(2)5-4-6-13-11/h4-6H,3,7H2,1-2H3. The molecule has 0 aromatic carbocycles. The van der Waals surface area contributed by atoms with Crippen LogP contribution in [0.25, 0.3) is 11.5 Å². The van der Waals surface area contributed by atoms with Crippen LogP contribution in [0.15, 0.2) is 22.9 Å². The van der Waals surface area contributed by atoms with Crippen LogP contribution in [0.5, 0.6) is 0 Å². The minimum atomic E-state index is 0.0814. The van der Waals surface area contributed by atoms with Crippen molar-refractivity contribution in [3.8, 4) is 11.5 Å². The van der Waals surface area contributed by atoms with Crippen molar-refractivity contribution >= 4 is 5.78 Å². The third-order valence-corrected chi connectivity index (χ3v) is 2.43. The lowest BCUT2D eigenvalue weighted by Gasteiger charge is -1.96. The van der Waals surface area contributed by atoms with Gasteiger partial charge >= 0.3 is 0 Å². The van der Waals surface area contributed by atoms with E-state index in [2.05, 4.69) is 15.1 Å². The van der Waals surface area contributed by atoms with Crippen LogP contribution in [0, 0.1) is 6.92 Å². The molecule has 2 aromatic rings. The Morgan fingerprint density at radius 1 is 1.47 bits per heavy atom. The second-order valence-electron chi connectivity index (χ2n) is 3.75. The monoisotopic (exact) mass is 231 g/mol. The first-order valence-corrected chi connectivity index (χ1v) is 5.47. The molecule has 0 radical (unpaired) electrons. The highest BCUT2D eigenvalue weighted by molar-refractivity contribution is 5.79. The highest BCUT2D eigenvalue weighted by atomic mass is 16.5. The Kier molecular flexibility index (Phi) is 3.27. The van der Waals surface area contributed by atoms with Crippen molar-refractivity contribution in [2.75, 3.05) is 0 Å². The van der Waals surface area contributed by atoms with Gasteiger partial charge in [0.1, 0.15) is 11.5 Å². The number of carbonyl (C=O) groups excluding carboxylic acids is 1. The van der Waals surface area contributed by atoms with Crippen molar-refractivity contribution in [3.05, 3.63) is 29.8 Å². The molecule has 0 saturated carbocycles. The molecule has 5 nitrogen and oxygen atoms in total. The van der Waals surface area contributed by atoms with E-state index in [4.69, 9.17) is 4.52 Å². The minimum absolute atomic E-state index is 0.0814.